The fourth-order valence-corrected chi connectivity index (χ4v) is 2.73. The Balaban J connectivity index is 1.67. The summed E-state index contributed by atoms with van der Waals surface area (Å²) in [5.41, 5.74) is 0.619. The number of hydrogen-bond acceptors (Lipinski definition) is 7. The van der Waals surface area contributed by atoms with E-state index >= 15 is 0 Å². The zero-order valence-electron chi connectivity index (χ0n) is 15.3. The molecule has 0 spiro atoms. The van der Waals surface area contributed by atoms with Gasteiger partial charge in [-0.15, -0.1) is 0 Å². The van der Waals surface area contributed by atoms with Gasteiger partial charge in [-0.05, 0) is 11.6 Å². The van der Waals surface area contributed by atoms with Crippen molar-refractivity contribution in [1.82, 2.24) is 5.32 Å². The Hall–Kier alpha value is -2.42. The molecule has 2 bridgehead atoms. The normalized spacial score (nSPS) is 27.9. The molecule has 1 N–H and O–H groups in total. The smallest absolute Gasteiger partial charge is 0.408 e. The van der Waals surface area contributed by atoms with Crippen LogP contribution in [0.25, 0.3) is 0 Å². The average molecular weight is 377 g/mol. The number of hydrogen-bond donors (Lipinski definition) is 1. The van der Waals surface area contributed by atoms with Gasteiger partial charge in [-0.25, -0.2) is 9.59 Å². The number of fused-ring (bicyclic) bond motifs is 3. The van der Waals surface area contributed by atoms with Crippen LogP contribution in [-0.4, -0.2) is 51.0 Å². The molecule has 0 unspecified atom stereocenters. The van der Waals surface area contributed by atoms with Gasteiger partial charge in [0, 0.05) is 11.5 Å². The first-order valence-corrected chi connectivity index (χ1v) is 8.60. The lowest BCUT2D eigenvalue weighted by molar-refractivity contribution is -0.469. The van der Waals surface area contributed by atoms with E-state index in [2.05, 4.69) is 10.1 Å². The van der Waals surface area contributed by atoms with Crippen molar-refractivity contribution >= 4 is 12.1 Å². The van der Waals surface area contributed by atoms with Crippen molar-refractivity contribution < 1.29 is 33.3 Å². The number of alkyl carbamates (subject to hydrolysis) is 1. The standard InChI is InChI=1S/C19H23NO7/c1-18-11-25-19(26-12-18,27-13-18)15(8-9-16(21)23-2)20-17(22)24-10-14-6-4-3-5-7-14/h3-9,15H,10-13H2,1-2H3,(H,20,22)/b9-8-/t15-,18?,19?/m0/s1. The first-order valence-electron chi connectivity index (χ1n) is 8.60. The van der Waals surface area contributed by atoms with E-state index in [0.717, 1.165) is 5.56 Å². The van der Waals surface area contributed by atoms with Crippen LogP contribution in [0.1, 0.15) is 12.5 Å². The Labute approximate surface area is 157 Å². The van der Waals surface area contributed by atoms with Crippen LogP contribution in [0, 0.1) is 5.41 Å². The third kappa shape index (κ3) is 4.65. The first-order chi connectivity index (χ1) is 12.9. The molecule has 0 aliphatic carbocycles. The molecule has 1 amide bonds. The number of benzene rings is 1. The lowest BCUT2D eigenvalue weighted by Gasteiger charge is -2.52. The number of carbonyl (C=O) groups excluding carboxylic acids is 2. The van der Waals surface area contributed by atoms with Gasteiger partial charge in [-0.1, -0.05) is 37.3 Å². The van der Waals surface area contributed by atoms with Gasteiger partial charge in [-0.3, -0.25) is 0 Å². The predicted molar refractivity (Wildman–Crippen MR) is 93.4 cm³/mol. The van der Waals surface area contributed by atoms with Gasteiger partial charge in [-0.2, -0.15) is 0 Å². The maximum absolute atomic E-state index is 12.3. The molecule has 0 saturated carbocycles. The molecule has 3 aliphatic heterocycles. The quantitative estimate of drug-likeness (QED) is 0.596. The summed E-state index contributed by atoms with van der Waals surface area (Å²) >= 11 is 0. The molecule has 3 saturated heterocycles. The Morgan fingerprint density at radius 1 is 1.19 bits per heavy atom. The highest BCUT2D eigenvalue weighted by Crippen LogP contribution is 2.40. The third-order valence-corrected chi connectivity index (χ3v) is 4.36. The van der Waals surface area contributed by atoms with Gasteiger partial charge in [0.15, 0.2) is 0 Å². The summed E-state index contributed by atoms with van der Waals surface area (Å²) in [7, 11) is 1.26. The van der Waals surface area contributed by atoms with Gasteiger partial charge in [0.05, 0.1) is 26.9 Å². The van der Waals surface area contributed by atoms with E-state index < -0.39 is 24.1 Å². The number of nitrogens with one attached hydrogen (secondary N) is 1. The van der Waals surface area contributed by atoms with Crippen molar-refractivity contribution in [3.05, 3.63) is 48.0 Å². The summed E-state index contributed by atoms with van der Waals surface area (Å²) in [4.78, 5) is 23.7. The molecule has 4 rings (SSSR count). The number of esters is 1. The summed E-state index contributed by atoms with van der Waals surface area (Å²) in [6.07, 6.45) is 1.89. The zero-order chi connectivity index (χ0) is 19.3. The maximum Gasteiger partial charge on any atom is 0.408 e. The van der Waals surface area contributed by atoms with Crippen LogP contribution in [-0.2, 0) is 35.1 Å². The Morgan fingerprint density at radius 2 is 1.81 bits per heavy atom. The number of methoxy groups -OCH3 is 1. The number of ether oxygens (including phenoxy) is 5. The van der Waals surface area contributed by atoms with Gasteiger partial charge in [0.1, 0.15) is 12.6 Å². The van der Waals surface area contributed by atoms with E-state index in [1.54, 1.807) is 0 Å². The molecule has 0 radical (unpaired) electrons. The summed E-state index contributed by atoms with van der Waals surface area (Å²) in [5, 5.41) is 2.63. The molecule has 8 nitrogen and oxygen atoms in total. The molecule has 3 fully saturated rings. The van der Waals surface area contributed by atoms with Crippen molar-refractivity contribution in [1.29, 1.82) is 0 Å². The summed E-state index contributed by atoms with van der Waals surface area (Å²) in [5.74, 6) is -2.08. The lowest BCUT2D eigenvalue weighted by Crippen LogP contribution is -2.67. The van der Waals surface area contributed by atoms with E-state index in [1.807, 2.05) is 37.3 Å². The third-order valence-electron chi connectivity index (χ3n) is 4.36. The SMILES string of the molecule is COC(=O)/C=C\[C@H](NC(=O)OCc1ccccc1)C12OCC(C)(CO1)CO2. The topological polar surface area (TPSA) is 92.3 Å². The van der Waals surface area contributed by atoms with E-state index in [0.29, 0.717) is 19.8 Å². The number of amides is 1. The molecule has 1 aromatic rings. The van der Waals surface area contributed by atoms with Gasteiger partial charge in [0.2, 0.25) is 0 Å². The largest absolute Gasteiger partial charge is 0.466 e. The van der Waals surface area contributed by atoms with Crippen LogP contribution in [0.2, 0.25) is 0 Å². The second kappa shape index (κ2) is 8.08. The number of carbonyl (C=O) groups is 2. The maximum atomic E-state index is 12.3. The van der Waals surface area contributed by atoms with E-state index in [-0.39, 0.29) is 12.0 Å². The summed E-state index contributed by atoms with van der Waals surface area (Å²) < 4.78 is 27.1. The highest BCUT2D eigenvalue weighted by Gasteiger charge is 2.55. The van der Waals surface area contributed by atoms with Crippen LogP contribution in [0.3, 0.4) is 0 Å². The van der Waals surface area contributed by atoms with Crippen molar-refractivity contribution in [2.75, 3.05) is 26.9 Å². The van der Waals surface area contributed by atoms with Crippen LogP contribution >= 0.6 is 0 Å². The highest BCUT2D eigenvalue weighted by molar-refractivity contribution is 5.82. The Kier molecular flexibility index (Phi) is 5.79. The molecule has 0 aromatic heterocycles. The van der Waals surface area contributed by atoms with E-state index in [1.165, 1.54) is 19.3 Å². The van der Waals surface area contributed by atoms with E-state index in [9.17, 15) is 9.59 Å². The molecule has 1 atom stereocenters. The molecule has 27 heavy (non-hydrogen) atoms. The first kappa shape index (κ1) is 19.3. The molecule has 3 heterocycles. The van der Waals surface area contributed by atoms with Crippen LogP contribution in [0.5, 0.6) is 0 Å². The van der Waals surface area contributed by atoms with Crippen molar-refractivity contribution in [3.8, 4) is 0 Å². The second-order valence-corrected chi connectivity index (χ2v) is 6.85. The molecule has 3 aliphatic rings. The molecule has 146 valence electrons. The monoisotopic (exact) mass is 377 g/mol. The minimum Gasteiger partial charge on any atom is -0.466 e. The Morgan fingerprint density at radius 3 is 2.41 bits per heavy atom. The van der Waals surface area contributed by atoms with Crippen molar-refractivity contribution in [2.45, 2.75) is 25.5 Å². The van der Waals surface area contributed by atoms with Gasteiger partial charge in [0.25, 0.3) is 0 Å². The minimum absolute atomic E-state index is 0.105. The van der Waals surface area contributed by atoms with Gasteiger partial charge < -0.3 is 29.0 Å². The zero-order valence-corrected chi connectivity index (χ0v) is 15.3. The Bertz CT molecular complexity index is 679. The fraction of sp³-hybridized carbons (Fsp3) is 0.474. The summed E-state index contributed by atoms with van der Waals surface area (Å²) in [6, 6.07) is 8.38. The lowest BCUT2D eigenvalue weighted by atomic mass is 9.91. The molecule has 1 aromatic carbocycles. The molecular weight excluding hydrogens is 354 g/mol. The summed E-state index contributed by atoms with van der Waals surface area (Å²) in [6.45, 7) is 3.33. The van der Waals surface area contributed by atoms with Gasteiger partial charge >= 0.3 is 18.0 Å². The second-order valence-electron chi connectivity index (χ2n) is 6.85. The average Bonchev–Trinajstić information content (AvgIpc) is 2.71. The van der Waals surface area contributed by atoms with Crippen molar-refractivity contribution in [3.63, 3.8) is 0 Å². The molecular formula is C19H23NO7. The highest BCUT2D eigenvalue weighted by atomic mass is 16.9. The predicted octanol–water partition coefficient (Wildman–Crippen LogP) is 1.75. The van der Waals surface area contributed by atoms with Crippen molar-refractivity contribution in [2.24, 2.45) is 5.41 Å². The van der Waals surface area contributed by atoms with Crippen LogP contribution in [0.4, 0.5) is 4.79 Å². The molecule has 8 heteroatoms. The number of rotatable bonds is 6. The van der Waals surface area contributed by atoms with E-state index in [4.69, 9.17) is 18.9 Å². The fourth-order valence-electron chi connectivity index (χ4n) is 2.73. The van der Waals surface area contributed by atoms with Crippen LogP contribution < -0.4 is 5.32 Å². The minimum atomic E-state index is -1.51. The van der Waals surface area contributed by atoms with Crippen LogP contribution in [0.15, 0.2) is 42.5 Å².